The van der Waals surface area contributed by atoms with E-state index in [0.29, 0.717) is 12.3 Å². The Morgan fingerprint density at radius 3 is 2.57 bits per heavy atom. The van der Waals surface area contributed by atoms with Crippen molar-refractivity contribution in [3.63, 3.8) is 0 Å². The maximum absolute atomic E-state index is 13.2. The summed E-state index contributed by atoms with van der Waals surface area (Å²) < 4.78 is 7.72. The average molecular weight is 430 g/mol. The fourth-order valence-corrected chi connectivity index (χ4v) is 3.46. The molecule has 1 aromatic carbocycles. The summed E-state index contributed by atoms with van der Waals surface area (Å²) in [4.78, 5) is 34.6. The molecular formula is C19H23N7O3S. The molecule has 0 saturated heterocycles. The van der Waals surface area contributed by atoms with Crippen molar-refractivity contribution in [3.05, 3.63) is 73.2 Å². The number of guanidine groups is 1. The number of rotatable bonds is 9. The number of nitrogens with one attached hydrogen (secondary N) is 1. The average Bonchev–Trinajstić information content (AvgIpc) is 3.24. The number of aromatic nitrogens is 3. The van der Waals surface area contributed by atoms with E-state index in [1.54, 1.807) is 19.2 Å². The highest BCUT2D eigenvalue weighted by atomic mass is 32.1. The van der Waals surface area contributed by atoms with Gasteiger partial charge in [-0.1, -0.05) is 18.2 Å². The highest BCUT2D eigenvalue weighted by Crippen LogP contribution is 2.13. The molecule has 0 amide bonds. The quantitative estimate of drug-likeness (QED) is 0.251. The number of anilines is 1. The standard InChI is InChI=1S/C19H23N7O3S/c1-29-14-6-4-13(5-7-14)11-25-17(23-9-8-22-16(20)21)24-18(27)26(19(25)28)12-15-3-2-10-30-15/h2-7,10H,8-9,11-12H2,1H3,(H4,20,21,22)(H,23,24,27). The van der Waals surface area contributed by atoms with Crippen LogP contribution in [0.1, 0.15) is 10.4 Å². The number of aliphatic imine (C=N–C) groups is 1. The van der Waals surface area contributed by atoms with Crippen LogP contribution in [0.25, 0.3) is 0 Å². The van der Waals surface area contributed by atoms with Crippen molar-refractivity contribution in [2.24, 2.45) is 16.5 Å². The van der Waals surface area contributed by atoms with Crippen LogP contribution in [0.4, 0.5) is 5.95 Å². The molecule has 30 heavy (non-hydrogen) atoms. The van der Waals surface area contributed by atoms with Gasteiger partial charge in [0, 0.05) is 11.4 Å². The first-order valence-corrected chi connectivity index (χ1v) is 10.0. The van der Waals surface area contributed by atoms with E-state index in [1.165, 1.54) is 15.9 Å². The number of nitrogens with two attached hydrogens (primary N) is 2. The smallest absolute Gasteiger partial charge is 0.355 e. The third-order valence-electron chi connectivity index (χ3n) is 4.23. The van der Waals surface area contributed by atoms with Crippen molar-refractivity contribution in [2.75, 3.05) is 25.5 Å². The Hall–Kier alpha value is -3.60. The highest BCUT2D eigenvalue weighted by molar-refractivity contribution is 7.09. The lowest BCUT2D eigenvalue weighted by molar-refractivity contribution is 0.414. The van der Waals surface area contributed by atoms with E-state index in [4.69, 9.17) is 16.2 Å². The Kier molecular flexibility index (Phi) is 6.86. The van der Waals surface area contributed by atoms with Gasteiger partial charge >= 0.3 is 11.4 Å². The highest BCUT2D eigenvalue weighted by Gasteiger charge is 2.14. The number of nitrogens with zero attached hydrogens (tertiary/aromatic N) is 4. The van der Waals surface area contributed by atoms with Gasteiger partial charge in [-0.2, -0.15) is 4.98 Å². The van der Waals surface area contributed by atoms with E-state index in [0.717, 1.165) is 15.0 Å². The molecule has 158 valence electrons. The van der Waals surface area contributed by atoms with Gasteiger partial charge in [0.2, 0.25) is 5.95 Å². The van der Waals surface area contributed by atoms with E-state index in [1.807, 2.05) is 29.6 Å². The van der Waals surface area contributed by atoms with Crippen molar-refractivity contribution in [2.45, 2.75) is 13.1 Å². The van der Waals surface area contributed by atoms with Crippen LogP contribution in [0.3, 0.4) is 0 Å². The van der Waals surface area contributed by atoms with E-state index in [2.05, 4.69) is 15.3 Å². The lowest BCUT2D eigenvalue weighted by Gasteiger charge is -2.15. The lowest BCUT2D eigenvalue weighted by Crippen LogP contribution is -2.43. The Balaban J connectivity index is 1.96. The SMILES string of the molecule is COc1ccc(Cn2c(NCCN=C(N)N)nc(=O)n(Cc3cccs3)c2=O)cc1. The molecule has 0 unspecified atom stereocenters. The van der Waals surface area contributed by atoms with Gasteiger partial charge in [-0.15, -0.1) is 11.3 Å². The van der Waals surface area contributed by atoms with E-state index in [-0.39, 0.29) is 31.5 Å². The fourth-order valence-electron chi connectivity index (χ4n) is 2.77. The summed E-state index contributed by atoms with van der Waals surface area (Å²) in [6.45, 7) is 0.977. The van der Waals surface area contributed by atoms with Crippen LogP contribution >= 0.6 is 11.3 Å². The molecule has 2 aromatic heterocycles. The molecular weight excluding hydrogens is 406 g/mol. The number of benzene rings is 1. The molecule has 0 aliphatic heterocycles. The molecule has 0 atom stereocenters. The largest absolute Gasteiger partial charge is 0.497 e. The van der Waals surface area contributed by atoms with Crippen molar-refractivity contribution in [3.8, 4) is 5.75 Å². The topological polar surface area (TPSA) is 143 Å². The van der Waals surface area contributed by atoms with Gasteiger partial charge in [-0.25, -0.2) is 14.2 Å². The van der Waals surface area contributed by atoms with E-state index >= 15 is 0 Å². The van der Waals surface area contributed by atoms with Crippen LogP contribution in [-0.2, 0) is 13.1 Å². The molecule has 3 aromatic rings. The molecule has 0 bridgehead atoms. The minimum atomic E-state index is -0.622. The molecule has 0 saturated carbocycles. The monoisotopic (exact) mass is 429 g/mol. The Labute approximate surface area is 176 Å². The zero-order chi connectivity index (χ0) is 21.5. The van der Waals surface area contributed by atoms with Gasteiger partial charge < -0.3 is 21.5 Å². The maximum Gasteiger partial charge on any atom is 0.355 e. The Bertz CT molecular complexity index is 1110. The van der Waals surface area contributed by atoms with Crippen LogP contribution in [0, 0.1) is 0 Å². The molecule has 5 N–H and O–H groups in total. The summed E-state index contributed by atoms with van der Waals surface area (Å²) in [6, 6.07) is 11.1. The fraction of sp³-hybridized carbons (Fsp3) is 0.263. The zero-order valence-corrected chi connectivity index (χ0v) is 17.3. The molecule has 10 nitrogen and oxygen atoms in total. The minimum Gasteiger partial charge on any atom is -0.497 e. The third kappa shape index (κ3) is 5.26. The van der Waals surface area contributed by atoms with Crippen molar-refractivity contribution in [1.82, 2.24) is 14.1 Å². The second-order valence-corrected chi connectivity index (χ2v) is 7.37. The van der Waals surface area contributed by atoms with Crippen LogP contribution < -0.4 is 32.9 Å². The van der Waals surface area contributed by atoms with E-state index < -0.39 is 11.4 Å². The second kappa shape index (κ2) is 9.74. The van der Waals surface area contributed by atoms with Gasteiger partial charge in [-0.05, 0) is 29.1 Å². The zero-order valence-electron chi connectivity index (χ0n) is 16.4. The normalized spacial score (nSPS) is 10.6. The van der Waals surface area contributed by atoms with Gasteiger partial charge in [0.05, 0.1) is 26.7 Å². The van der Waals surface area contributed by atoms with Gasteiger partial charge in [0.1, 0.15) is 5.75 Å². The second-order valence-electron chi connectivity index (χ2n) is 6.33. The number of ether oxygens (including phenoxy) is 1. The maximum atomic E-state index is 13.2. The van der Waals surface area contributed by atoms with E-state index in [9.17, 15) is 9.59 Å². The number of hydrogen-bond donors (Lipinski definition) is 3. The molecule has 11 heteroatoms. The predicted octanol–water partition coefficient (Wildman–Crippen LogP) is 0.257. The third-order valence-corrected chi connectivity index (χ3v) is 5.09. The van der Waals surface area contributed by atoms with Gasteiger partial charge in [0.15, 0.2) is 5.96 Å². The van der Waals surface area contributed by atoms with Crippen molar-refractivity contribution >= 4 is 23.2 Å². The number of thiophene rings is 1. The minimum absolute atomic E-state index is 0.0354. The summed E-state index contributed by atoms with van der Waals surface area (Å²) in [5.41, 5.74) is 10.4. The molecule has 0 fully saturated rings. The van der Waals surface area contributed by atoms with Crippen LogP contribution in [0.2, 0.25) is 0 Å². The first-order chi connectivity index (χ1) is 14.5. The molecule has 3 rings (SSSR count). The summed E-state index contributed by atoms with van der Waals surface area (Å²) in [5, 5.41) is 4.87. The molecule has 0 spiro atoms. The molecule has 0 aliphatic carbocycles. The summed E-state index contributed by atoms with van der Waals surface area (Å²) in [7, 11) is 1.59. The van der Waals surface area contributed by atoms with Crippen molar-refractivity contribution < 1.29 is 4.74 Å². The lowest BCUT2D eigenvalue weighted by atomic mass is 10.2. The predicted molar refractivity (Wildman–Crippen MR) is 117 cm³/mol. The molecule has 2 heterocycles. The number of hydrogen-bond acceptors (Lipinski definition) is 7. The number of methoxy groups -OCH3 is 1. The first-order valence-electron chi connectivity index (χ1n) is 9.14. The summed E-state index contributed by atoms with van der Waals surface area (Å²) in [5.74, 6) is 0.836. The molecule has 0 radical (unpaired) electrons. The van der Waals surface area contributed by atoms with Crippen molar-refractivity contribution in [1.29, 1.82) is 0 Å². The van der Waals surface area contributed by atoms with Gasteiger partial charge in [0.25, 0.3) is 0 Å². The Morgan fingerprint density at radius 1 is 1.17 bits per heavy atom. The van der Waals surface area contributed by atoms with Crippen LogP contribution in [-0.4, -0.2) is 40.3 Å². The summed E-state index contributed by atoms with van der Waals surface area (Å²) >= 11 is 1.47. The molecule has 0 aliphatic rings. The van der Waals surface area contributed by atoms with Crippen LogP contribution in [0.5, 0.6) is 5.75 Å². The Morgan fingerprint density at radius 2 is 1.93 bits per heavy atom. The summed E-state index contributed by atoms with van der Waals surface area (Å²) in [6.07, 6.45) is 0. The van der Waals surface area contributed by atoms with Crippen LogP contribution in [0.15, 0.2) is 56.4 Å². The first kappa shape index (κ1) is 21.1. The van der Waals surface area contributed by atoms with Gasteiger partial charge in [-0.3, -0.25) is 9.56 Å².